The first-order chi connectivity index (χ1) is 9.77. The maximum Gasteiger partial charge on any atom is 1.00 e. The minimum atomic E-state index is -5.01. The van der Waals surface area contributed by atoms with Gasteiger partial charge in [-0.05, 0) is 6.42 Å². The SMILES string of the molecule is CCCCCCCCCCCCOP(=O)(O)OP(=O)(O)O.[H-].[K+]. The predicted octanol–water partition coefficient (Wildman–Crippen LogP) is 1.25. The van der Waals surface area contributed by atoms with Gasteiger partial charge < -0.3 is 16.1 Å². The standard InChI is InChI=1S/C12H28O7P2.K.H/c1-2-3-4-5-6-7-8-9-10-11-12-18-21(16,17)19-20(13,14)15;;/h2-12H2,1H3,(H,16,17)(H2,13,14,15);;/q;+1;-1. The molecule has 0 aromatic heterocycles. The largest absolute Gasteiger partial charge is 1.00 e. The van der Waals surface area contributed by atoms with Crippen molar-refractivity contribution in [3.8, 4) is 0 Å². The van der Waals surface area contributed by atoms with E-state index in [0.717, 1.165) is 19.3 Å². The summed E-state index contributed by atoms with van der Waals surface area (Å²) in [7, 11) is -9.66. The second-order valence-corrected chi connectivity index (χ2v) is 7.89. The fourth-order valence-electron chi connectivity index (χ4n) is 1.93. The Kier molecular flexibility index (Phi) is 18.0. The Balaban J connectivity index is -0.00000200. The normalized spacial score (nSPS) is 14.4. The maximum atomic E-state index is 11.1. The Hall–Kier alpha value is 1.90. The molecule has 130 valence electrons. The zero-order chi connectivity index (χ0) is 16.2. The van der Waals surface area contributed by atoms with Crippen LogP contribution in [0, 0.1) is 0 Å². The third-order valence-corrected chi connectivity index (χ3v) is 5.15. The van der Waals surface area contributed by atoms with Crippen LogP contribution in [0.25, 0.3) is 0 Å². The molecular formula is C12H29KO7P2. The van der Waals surface area contributed by atoms with Gasteiger partial charge in [0, 0.05) is 0 Å². The molecule has 0 spiro atoms. The quantitative estimate of drug-likeness (QED) is 0.234. The van der Waals surface area contributed by atoms with Gasteiger partial charge in [0.1, 0.15) is 0 Å². The van der Waals surface area contributed by atoms with E-state index in [1.54, 1.807) is 0 Å². The minimum Gasteiger partial charge on any atom is -1.00 e. The van der Waals surface area contributed by atoms with Crippen LogP contribution in [0.4, 0.5) is 0 Å². The van der Waals surface area contributed by atoms with Crippen LogP contribution in [0.2, 0.25) is 0 Å². The molecule has 0 radical (unpaired) electrons. The van der Waals surface area contributed by atoms with Crippen molar-refractivity contribution >= 4 is 15.6 Å². The number of hydrogen-bond donors (Lipinski definition) is 3. The molecule has 0 saturated heterocycles. The molecule has 0 saturated carbocycles. The van der Waals surface area contributed by atoms with Crippen molar-refractivity contribution in [2.45, 2.75) is 71.1 Å². The molecule has 0 aliphatic rings. The summed E-state index contributed by atoms with van der Waals surface area (Å²) >= 11 is 0. The molecule has 10 heteroatoms. The molecule has 0 fully saturated rings. The van der Waals surface area contributed by atoms with Crippen molar-refractivity contribution in [3.63, 3.8) is 0 Å². The number of phosphoric acid groups is 2. The third kappa shape index (κ3) is 19.9. The summed E-state index contributed by atoms with van der Waals surface area (Å²) < 4.78 is 29.7. The summed E-state index contributed by atoms with van der Waals surface area (Å²) in [5, 5.41) is 0. The zero-order valence-electron chi connectivity index (χ0n) is 14.6. The number of hydrogen-bond acceptors (Lipinski definition) is 4. The van der Waals surface area contributed by atoms with E-state index in [0.29, 0.717) is 6.42 Å². The maximum absolute atomic E-state index is 11.1. The molecule has 0 aromatic rings. The third-order valence-electron chi connectivity index (χ3n) is 2.96. The Morgan fingerprint density at radius 3 is 1.64 bits per heavy atom. The van der Waals surface area contributed by atoms with Gasteiger partial charge in [-0.25, -0.2) is 9.13 Å². The fraction of sp³-hybridized carbons (Fsp3) is 1.00. The fourth-order valence-corrected chi connectivity index (χ4v) is 3.55. The van der Waals surface area contributed by atoms with Crippen LogP contribution >= 0.6 is 15.6 Å². The van der Waals surface area contributed by atoms with E-state index in [1.807, 2.05) is 0 Å². The van der Waals surface area contributed by atoms with Crippen LogP contribution in [0.3, 0.4) is 0 Å². The summed E-state index contributed by atoms with van der Waals surface area (Å²) in [4.78, 5) is 25.8. The first-order valence-corrected chi connectivity index (χ1v) is 10.5. The average molecular weight is 386 g/mol. The topological polar surface area (TPSA) is 113 Å². The second kappa shape index (κ2) is 15.2. The van der Waals surface area contributed by atoms with Crippen molar-refractivity contribution in [1.29, 1.82) is 0 Å². The zero-order valence-corrected chi connectivity index (χ0v) is 18.6. The van der Waals surface area contributed by atoms with Crippen molar-refractivity contribution in [2.24, 2.45) is 0 Å². The molecule has 3 N–H and O–H groups in total. The second-order valence-electron chi connectivity index (χ2n) is 5.06. The molecule has 22 heavy (non-hydrogen) atoms. The predicted molar refractivity (Wildman–Crippen MR) is 81.9 cm³/mol. The van der Waals surface area contributed by atoms with Gasteiger partial charge in [0.05, 0.1) is 6.61 Å². The monoisotopic (exact) mass is 386 g/mol. The number of phosphoric ester groups is 1. The van der Waals surface area contributed by atoms with E-state index in [9.17, 15) is 9.13 Å². The van der Waals surface area contributed by atoms with E-state index in [4.69, 9.17) is 14.7 Å². The van der Waals surface area contributed by atoms with Gasteiger partial charge in [-0.3, -0.25) is 4.52 Å². The molecule has 1 unspecified atom stereocenters. The molecule has 0 aromatic carbocycles. The molecule has 0 aliphatic heterocycles. The van der Waals surface area contributed by atoms with E-state index in [-0.39, 0.29) is 59.4 Å². The molecule has 0 amide bonds. The van der Waals surface area contributed by atoms with Gasteiger partial charge >= 0.3 is 67.0 Å². The van der Waals surface area contributed by atoms with Gasteiger partial charge in [0.2, 0.25) is 0 Å². The first kappa shape index (κ1) is 26.1. The number of unbranched alkanes of at least 4 members (excludes halogenated alkanes) is 9. The van der Waals surface area contributed by atoms with Crippen LogP contribution in [0.1, 0.15) is 72.6 Å². The Bertz CT molecular complexity index is 354. The van der Waals surface area contributed by atoms with Gasteiger partial charge in [-0.15, -0.1) is 0 Å². The Labute approximate surface area is 177 Å². The molecule has 0 heterocycles. The molecule has 0 rings (SSSR count). The van der Waals surface area contributed by atoms with Crippen LogP contribution < -0.4 is 51.4 Å². The van der Waals surface area contributed by atoms with Gasteiger partial charge in [-0.2, -0.15) is 4.31 Å². The molecule has 0 aliphatic carbocycles. The summed E-state index contributed by atoms with van der Waals surface area (Å²) in [5.41, 5.74) is 0. The van der Waals surface area contributed by atoms with Crippen molar-refractivity contribution in [1.82, 2.24) is 0 Å². The molecule has 7 nitrogen and oxygen atoms in total. The summed E-state index contributed by atoms with van der Waals surface area (Å²) in [6.45, 7) is 2.14. The summed E-state index contributed by atoms with van der Waals surface area (Å²) in [6.07, 6.45) is 11.1. The van der Waals surface area contributed by atoms with Gasteiger partial charge in [-0.1, -0.05) is 64.7 Å². The van der Waals surface area contributed by atoms with Crippen molar-refractivity contribution < 1.29 is 85.5 Å². The molecule has 0 bridgehead atoms. The van der Waals surface area contributed by atoms with Crippen molar-refractivity contribution in [2.75, 3.05) is 6.61 Å². The molecular weight excluding hydrogens is 357 g/mol. The van der Waals surface area contributed by atoms with Crippen LogP contribution in [-0.4, -0.2) is 21.3 Å². The van der Waals surface area contributed by atoms with E-state index >= 15 is 0 Å². The Morgan fingerprint density at radius 1 is 0.818 bits per heavy atom. The van der Waals surface area contributed by atoms with Crippen LogP contribution in [0.5, 0.6) is 0 Å². The van der Waals surface area contributed by atoms with Crippen LogP contribution in [0.15, 0.2) is 0 Å². The molecule has 1 atom stereocenters. The van der Waals surface area contributed by atoms with E-state index < -0.39 is 15.6 Å². The van der Waals surface area contributed by atoms with Gasteiger partial charge in [0.25, 0.3) is 0 Å². The first-order valence-electron chi connectivity index (χ1n) is 7.51. The van der Waals surface area contributed by atoms with Crippen molar-refractivity contribution in [3.05, 3.63) is 0 Å². The van der Waals surface area contributed by atoms with Gasteiger partial charge in [0.15, 0.2) is 0 Å². The van der Waals surface area contributed by atoms with E-state index in [2.05, 4.69) is 15.8 Å². The smallest absolute Gasteiger partial charge is 1.00 e. The van der Waals surface area contributed by atoms with E-state index in [1.165, 1.54) is 38.5 Å². The minimum absolute atomic E-state index is 0. The number of rotatable bonds is 14. The summed E-state index contributed by atoms with van der Waals surface area (Å²) in [6, 6.07) is 0. The Morgan fingerprint density at radius 2 is 1.23 bits per heavy atom. The average Bonchev–Trinajstić information content (AvgIpc) is 2.33. The summed E-state index contributed by atoms with van der Waals surface area (Å²) in [5.74, 6) is 0. The van der Waals surface area contributed by atoms with Crippen LogP contribution in [-0.2, 0) is 18.0 Å².